The lowest BCUT2D eigenvalue weighted by atomic mass is 10.1. The largest absolute Gasteiger partial charge is 0.494 e. The van der Waals surface area contributed by atoms with Gasteiger partial charge in [0.05, 0.1) is 24.8 Å². The fourth-order valence-electron chi connectivity index (χ4n) is 2.15. The molecule has 0 bridgehead atoms. The first kappa shape index (κ1) is 19.4. The number of nitrogens with zero attached hydrogens (tertiary/aromatic N) is 2. The van der Waals surface area contributed by atoms with Crippen molar-refractivity contribution in [2.75, 3.05) is 6.61 Å². The van der Waals surface area contributed by atoms with Crippen molar-refractivity contribution in [2.45, 2.75) is 31.5 Å². The lowest BCUT2D eigenvalue weighted by molar-refractivity contribution is -0.138. The van der Waals surface area contributed by atoms with Crippen molar-refractivity contribution in [2.24, 2.45) is 10.2 Å². The van der Waals surface area contributed by atoms with E-state index in [4.69, 9.17) is 4.74 Å². The molecule has 2 aromatic rings. The van der Waals surface area contributed by atoms with Crippen LogP contribution in [0.1, 0.15) is 19.3 Å². The molecule has 7 heteroatoms. The van der Waals surface area contributed by atoms with Gasteiger partial charge in [0.2, 0.25) is 0 Å². The summed E-state index contributed by atoms with van der Waals surface area (Å²) >= 11 is 3.29. The van der Waals surface area contributed by atoms with E-state index in [1.165, 1.54) is 0 Å². The molecule has 2 rings (SSSR count). The van der Waals surface area contributed by atoms with Crippen LogP contribution < -0.4 is 4.74 Å². The van der Waals surface area contributed by atoms with Crippen LogP contribution in [0.4, 0.5) is 18.9 Å². The molecule has 0 amide bonds. The average Bonchev–Trinajstić information content (AvgIpc) is 2.57. The van der Waals surface area contributed by atoms with Gasteiger partial charge in [-0.1, -0.05) is 34.1 Å². The number of alkyl halides is 3. The molecular formula is C18H18BrF3N2O. The highest BCUT2D eigenvalue weighted by Gasteiger charge is 2.31. The predicted molar refractivity (Wildman–Crippen MR) is 94.3 cm³/mol. The Morgan fingerprint density at radius 1 is 1.00 bits per heavy atom. The number of halogens is 4. The Balaban J connectivity index is 1.87. The summed E-state index contributed by atoms with van der Waals surface area (Å²) in [6.07, 6.45) is -4.54. The summed E-state index contributed by atoms with van der Waals surface area (Å²) in [5.41, 5.74) is 0.524. The minimum atomic E-state index is -4.27. The summed E-state index contributed by atoms with van der Waals surface area (Å²) in [5.74, 6) is 0.700. The molecule has 0 aliphatic heterocycles. The Morgan fingerprint density at radius 3 is 2.32 bits per heavy atom. The van der Waals surface area contributed by atoms with Gasteiger partial charge < -0.3 is 4.74 Å². The van der Waals surface area contributed by atoms with Crippen LogP contribution in [0.5, 0.6) is 5.75 Å². The van der Waals surface area contributed by atoms with Crippen LogP contribution in [-0.4, -0.2) is 18.8 Å². The number of ether oxygens (including phenoxy) is 1. The van der Waals surface area contributed by atoms with Gasteiger partial charge in [-0.15, -0.1) is 0 Å². The molecule has 0 aliphatic rings. The van der Waals surface area contributed by atoms with Crippen molar-refractivity contribution in [3.05, 3.63) is 59.1 Å². The van der Waals surface area contributed by atoms with E-state index >= 15 is 0 Å². The Labute approximate surface area is 153 Å². The molecule has 0 spiro atoms. The third kappa shape index (κ3) is 8.16. The zero-order valence-electron chi connectivity index (χ0n) is 13.4. The number of rotatable bonds is 8. The zero-order valence-corrected chi connectivity index (χ0v) is 15.0. The van der Waals surface area contributed by atoms with E-state index in [1.54, 1.807) is 36.4 Å². The van der Waals surface area contributed by atoms with Crippen molar-refractivity contribution in [1.29, 1.82) is 0 Å². The van der Waals surface area contributed by atoms with E-state index < -0.39 is 18.6 Å². The molecule has 0 N–H and O–H groups in total. The second-order valence-corrected chi connectivity index (χ2v) is 6.38. The molecule has 3 nitrogen and oxygen atoms in total. The number of hydrogen-bond donors (Lipinski definition) is 0. The lowest BCUT2D eigenvalue weighted by Gasteiger charge is -2.14. The topological polar surface area (TPSA) is 34.0 Å². The first-order valence-electron chi connectivity index (χ1n) is 7.83. The monoisotopic (exact) mass is 414 g/mol. The van der Waals surface area contributed by atoms with Gasteiger partial charge in [0.15, 0.2) is 0 Å². The van der Waals surface area contributed by atoms with E-state index in [9.17, 15) is 13.2 Å². The Morgan fingerprint density at radius 2 is 1.68 bits per heavy atom. The molecule has 0 radical (unpaired) electrons. The normalized spacial score (nSPS) is 13.1. The van der Waals surface area contributed by atoms with Crippen LogP contribution in [0, 0.1) is 0 Å². The van der Waals surface area contributed by atoms with Gasteiger partial charge >= 0.3 is 6.18 Å². The standard InChI is InChI=1S/C18H18BrF3N2O/c19-14-8-10-15(11-9-14)23-24-16(13-18(20,21)22)5-4-12-25-17-6-2-1-3-7-17/h1-3,6-11,16H,4-5,12-13H2. The molecule has 0 aromatic heterocycles. The van der Waals surface area contributed by atoms with E-state index in [-0.39, 0.29) is 6.42 Å². The molecule has 0 heterocycles. The summed E-state index contributed by atoms with van der Waals surface area (Å²) < 4.78 is 44.5. The summed E-state index contributed by atoms with van der Waals surface area (Å²) in [4.78, 5) is 0. The van der Waals surface area contributed by atoms with Crippen LogP contribution >= 0.6 is 15.9 Å². The van der Waals surface area contributed by atoms with Crippen molar-refractivity contribution in [1.82, 2.24) is 0 Å². The summed E-state index contributed by atoms with van der Waals surface area (Å²) in [5, 5.41) is 7.82. The van der Waals surface area contributed by atoms with Gasteiger partial charge in [-0.3, -0.25) is 0 Å². The number of azo groups is 1. The molecule has 0 saturated heterocycles. The number of hydrogen-bond acceptors (Lipinski definition) is 3. The first-order chi connectivity index (χ1) is 11.9. The van der Waals surface area contributed by atoms with Crippen molar-refractivity contribution < 1.29 is 17.9 Å². The third-order valence-electron chi connectivity index (χ3n) is 3.32. The SMILES string of the molecule is FC(F)(F)CC(CCCOc1ccccc1)N=Nc1ccc(Br)cc1. The van der Waals surface area contributed by atoms with E-state index in [1.807, 2.05) is 18.2 Å². The van der Waals surface area contributed by atoms with Crippen LogP contribution in [0.25, 0.3) is 0 Å². The van der Waals surface area contributed by atoms with Gasteiger partial charge in [0.25, 0.3) is 0 Å². The number of benzene rings is 2. The molecule has 0 saturated carbocycles. The summed E-state index contributed by atoms with van der Waals surface area (Å²) in [7, 11) is 0. The highest BCUT2D eigenvalue weighted by molar-refractivity contribution is 9.10. The van der Waals surface area contributed by atoms with E-state index in [2.05, 4.69) is 26.2 Å². The predicted octanol–water partition coefficient (Wildman–Crippen LogP) is 6.71. The van der Waals surface area contributed by atoms with Gasteiger partial charge in [-0.2, -0.15) is 23.4 Å². The number of para-hydroxylation sites is 1. The highest BCUT2D eigenvalue weighted by Crippen LogP contribution is 2.26. The van der Waals surface area contributed by atoms with Crippen LogP contribution in [0.15, 0.2) is 69.3 Å². The van der Waals surface area contributed by atoms with Crippen LogP contribution in [-0.2, 0) is 0 Å². The highest BCUT2D eigenvalue weighted by atomic mass is 79.9. The summed E-state index contributed by atoms with van der Waals surface area (Å²) in [6.45, 7) is 0.339. The quantitative estimate of drug-likeness (QED) is 0.348. The second kappa shape index (κ2) is 9.56. The van der Waals surface area contributed by atoms with Crippen molar-refractivity contribution in [3.8, 4) is 5.75 Å². The van der Waals surface area contributed by atoms with Gasteiger partial charge in [0.1, 0.15) is 5.75 Å². The lowest BCUT2D eigenvalue weighted by Crippen LogP contribution is -2.18. The Hall–Kier alpha value is -1.89. The maximum atomic E-state index is 12.7. The molecule has 0 fully saturated rings. The minimum Gasteiger partial charge on any atom is -0.494 e. The first-order valence-corrected chi connectivity index (χ1v) is 8.63. The minimum absolute atomic E-state index is 0.256. The maximum absolute atomic E-state index is 12.7. The molecule has 2 aromatic carbocycles. The molecule has 0 aliphatic carbocycles. The molecule has 1 unspecified atom stereocenters. The molecular weight excluding hydrogens is 397 g/mol. The fraction of sp³-hybridized carbons (Fsp3) is 0.333. The Kier molecular flexibility index (Phi) is 7.43. The van der Waals surface area contributed by atoms with Gasteiger partial charge in [-0.05, 0) is 49.2 Å². The maximum Gasteiger partial charge on any atom is 0.391 e. The van der Waals surface area contributed by atoms with E-state index in [0.29, 0.717) is 24.5 Å². The molecule has 25 heavy (non-hydrogen) atoms. The van der Waals surface area contributed by atoms with Crippen molar-refractivity contribution >= 4 is 21.6 Å². The average molecular weight is 415 g/mol. The van der Waals surface area contributed by atoms with E-state index in [0.717, 1.165) is 4.47 Å². The molecule has 134 valence electrons. The molecule has 1 atom stereocenters. The fourth-order valence-corrected chi connectivity index (χ4v) is 2.41. The smallest absolute Gasteiger partial charge is 0.391 e. The second-order valence-electron chi connectivity index (χ2n) is 5.47. The van der Waals surface area contributed by atoms with Crippen LogP contribution in [0.3, 0.4) is 0 Å². The van der Waals surface area contributed by atoms with Crippen LogP contribution in [0.2, 0.25) is 0 Å². The van der Waals surface area contributed by atoms with Gasteiger partial charge in [0, 0.05) is 4.47 Å². The zero-order chi connectivity index (χ0) is 18.1. The summed E-state index contributed by atoms with van der Waals surface area (Å²) in [6, 6.07) is 15.2. The Bertz CT molecular complexity index is 660. The third-order valence-corrected chi connectivity index (χ3v) is 3.85. The van der Waals surface area contributed by atoms with Crippen molar-refractivity contribution in [3.63, 3.8) is 0 Å². The van der Waals surface area contributed by atoms with Gasteiger partial charge in [-0.25, -0.2) is 0 Å².